The van der Waals surface area contributed by atoms with Crippen LogP contribution in [0.3, 0.4) is 0 Å². The molecule has 116 valence electrons. The lowest BCUT2D eigenvalue weighted by Gasteiger charge is -2.13. The maximum Gasteiger partial charge on any atom is 0.123 e. The minimum atomic E-state index is 0.297. The smallest absolute Gasteiger partial charge is 0.123 e. The van der Waals surface area contributed by atoms with E-state index in [0.717, 1.165) is 43.5 Å². The van der Waals surface area contributed by atoms with Gasteiger partial charge in [0.15, 0.2) is 0 Å². The van der Waals surface area contributed by atoms with Gasteiger partial charge in [0.25, 0.3) is 0 Å². The number of fused-ring (bicyclic) bond motifs is 1. The van der Waals surface area contributed by atoms with E-state index >= 15 is 0 Å². The van der Waals surface area contributed by atoms with Gasteiger partial charge in [-0.3, -0.25) is 0 Å². The summed E-state index contributed by atoms with van der Waals surface area (Å²) in [5.74, 6) is 3.55. The molecule has 1 aliphatic heterocycles. The molecule has 3 nitrogen and oxygen atoms in total. The predicted molar refractivity (Wildman–Crippen MR) is 85.4 cm³/mol. The highest BCUT2D eigenvalue weighted by Gasteiger charge is 2.40. The normalized spacial score (nSPS) is 26.3. The van der Waals surface area contributed by atoms with Gasteiger partial charge in [-0.15, -0.1) is 0 Å². The van der Waals surface area contributed by atoms with Crippen LogP contribution in [-0.2, 0) is 6.42 Å². The topological polar surface area (TPSA) is 30.5 Å². The van der Waals surface area contributed by atoms with Gasteiger partial charge >= 0.3 is 0 Å². The van der Waals surface area contributed by atoms with Crippen LogP contribution < -0.4 is 14.8 Å². The second-order valence-electron chi connectivity index (χ2n) is 6.37. The Balaban J connectivity index is 1.74. The Morgan fingerprint density at radius 2 is 2.19 bits per heavy atom. The molecule has 1 N–H and O–H groups in total. The van der Waals surface area contributed by atoms with Crippen LogP contribution in [0.25, 0.3) is 0 Å². The number of benzene rings is 1. The highest BCUT2D eigenvalue weighted by atomic mass is 16.5. The van der Waals surface area contributed by atoms with Crippen LogP contribution >= 0.6 is 0 Å². The zero-order valence-corrected chi connectivity index (χ0v) is 13.4. The highest BCUT2D eigenvalue weighted by molar-refractivity contribution is 5.51. The Morgan fingerprint density at radius 1 is 1.33 bits per heavy atom. The van der Waals surface area contributed by atoms with E-state index in [4.69, 9.17) is 9.47 Å². The van der Waals surface area contributed by atoms with Gasteiger partial charge in [-0.05, 0) is 63.7 Å². The van der Waals surface area contributed by atoms with Crippen molar-refractivity contribution in [3.8, 4) is 11.5 Å². The lowest BCUT2D eigenvalue weighted by molar-refractivity contribution is 0.254. The molecule has 1 aliphatic carbocycles. The molecule has 1 fully saturated rings. The van der Waals surface area contributed by atoms with E-state index in [1.54, 1.807) is 0 Å². The van der Waals surface area contributed by atoms with Gasteiger partial charge in [0.1, 0.15) is 17.6 Å². The molecular formula is C18H27NO2. The van der Waals surface area contributed by atoms with Gasteiger partial charge < -0.3 is 14.8 Å². The summed E-state index contributed by atoms with van der Waals surface area (Å²) >= 11 is 0. The molecule has 3 rings (SSSR count). The molecule has 3 heteroatoms. The van der Waals surface area contributed by atoms with Crippen LogP contribution in [0.1, 0.15) is 50.7 Å². The van der Waals surface area contributed by atoms with Crippen molar-refractivity contribution in [2.24, 2.45) is 5.92 Å². The van der Waals surface area contributed by atoms with Gasteiger partial charge in [0.2, 0.25) is 0 Å². The largest absolute Gasteiger partial charge is 0.494 e. The third kappa shape index (κ3) is 3.18. The van der Waals surface area contributed by atoms with E-state index in [9.17, 15) is 0 Å². The molecule has 3 unspecified atom stereocenters. The maximum atomic E-state index is 5.92. The second kappa shape index (κ2) is 6.27. The summed E-state index contributed by atoms with van der Waals surface area (Å²) in [7, 11) is 0. The summed E-state index contributed by atoms with van der Waals surface area (Å²) < 4.78 is 11.8. The third-order valence-electron chi connectivity index (χ3n) is 4.48. The Hall–Kier alpha value is -1.22. The molecule has 3 atom stereocenters. The molecule has 0 radical (unpaired) electrons. The quantitative estimate of drug-likeness (QED) is 0.779. The molecule has 0 bridgehead atoms. The molecular weight excluding hydrogens is 262 g/mol. The maximum absolute atomic E-state index is 5.92. The molecule has 2 aliphatic rings. The molecule has 0 spiro atoms. The van der Waals surface area contributed by atoms with Crippen LogP contribution in [0.5, 0.6) is 11.5 Å². The number of nitrogens with one attached hydrogen (secondary N) is 1. The van der Waals surface area contributed by atoms with Crippen molar-refractivity contribution in [1.29, 1.82) is 0 Å². The third-order valence-corrected chi connectivity index (χ3v) is 4.48. The minimum absolute atomic E-state index is 0.297. The number of hydrogen-bond donors (Lipinski definition) is 1. The van der Waals surface area contributed by atoms with Crippen LogP contribution in [0, 0.1) is 5.92 Å². The van der Waals surface area contributed by atoms with Crippen molar-refractivity contribution >= 4 is 0 Å². The fourth-order valence-corrected chi connectivity index (χ4v) is 3.34. The van der Waals surface area contributed by atoms with Gasteiger partial charge in [0.05, 0.1) is 6.61 Å². The summed E-state index contributed by atoms with van der Waals surface area (Å²) in [5, 5.41) is 3.54. The molecule has 1 saturated carbocycles. The molecule has 1 heterocycles. The van der Waals surface area contributed by atoms with Crippen LogP contribution in [0.15, 0.2) is 12.1 Å². The highest BCUT2D eigenvalue weighted by Crippen LogP contribution is 2.52. The van der Waals surface area contributed by atoms with Gasteiger partial charge in [-0.25, -0.2) is 0 Å². The summed E-state index contributed by atoms with van der Waals surface area (Å²) in [6, 6.07) is 4.46. The van der Waals surface area contributed by atoms with Gasteiger partial charge in [-0.1, -0.05) is 6.92 Å². The first-order valence-electron chi connectivity index (χ1n) is 8.39. The fourth-order valence-electron chi connectivity index (χ4n) is 3.34. The summed E-state index contributed by atoms with van der Waals surface area (Å²) in [5.41, 5.74) is 2.66. The monoisotopic (exact) mass is 289 g/mol. The van der Waals surface area contributed by atoms with Crippen molar-refractivity contribution in [3.63, 3.8) is 0 Å². The zero-order chi connectivity index (χ0) is 14.8. The molecule has 0 amide bonds. The zero-order valence-electron chi connectivity index (χ0n) is 13.4. The van der Waals surface area contributed by atoms with Crippen LogP contribution in [-0.4, -0.2) is 25.8 Å². The van der Waals surface area contributed by atoms with E-state index < -0.39 is 0 Å². The minimum Gasteiger partial charge on any atom is -0.494 e. The van der Waals surface area contributed by atoms with Crippen LogP contribution in [0.4, 0.5) is 0 Å². The predicted octanol–water partition coefficient (Wildman–Crippen LogP) is 3.51. The van der Waals surface area contributed by atoms with E-state index in [-0.39, 0.29) is 0 Å². The van der Waals surface area contributed by atoms with E-state index in [0.29, 0.717) is 12.0 Å². The molecule has 1 aromatic carbocycles. The number of rotatable bonds is 7. The summed E-state index contributed by atoms with van der Waals surface area (Å²) in [6.45, 7) is 9.37. The Bertz CT molecular complexity index is 500. The van der Waals surface area contributed by atoms with E-state index in [2.05, 4.69) is 38.2 Å². The van der Waals surface area contributed by atoms with Crippen molar-refractivity contribution in [3.05, 3.63) is 23.3 Å². The van der Waals surface area contributed by atoms with Crippen molar-refractivity contribution in [1.82, 2.24) is 5.32 Å². The average Bonchev–Trinajstić information content (AvgIpc) is 3.12. The molecule has 1 aromatic rings. The Kier molecular flexibility index (Phi) is 4.39. The Labute approximate surface area is 128 Å². The average molecular weight is 289 g/mol. The van der Waals surface area contributed by atoms with Gasteiger partial charge in [0, 0.05) is 17.5 Å². The first-order chi connectivity index (χ1) is 10.2. The summed E-state index contributed by atoms with van der Waals surface area (Å²) in [4.78, 5) is 0. The first-order valence-corrected chi connectivity index (χ1v) is 8.39. The fraction of sp³-hybridized carbons (Fsp3) is 0.667. The van der Waals surface area contributed by atoms with Crippen molar-refractivity contribution < 1.29 is 9.47 Å². The molecule has 0 saturated heterocycles. The van der Waals surface area contributed by atoms with Crippen molar-refractivity contribution in [2.75, 3.05) is 19.7 Å². The SMILES string of the molecule is CCCNCC1CC1c1cc2c(cc1OCC)CC(C)O2. The lowest BCUT2D eigenvalue weighted by atomic mass is 10.0. The molecule has 21 heavy (non-hydrogen) atoms. The van der Waals surface area contributed by atoms with Crippen LogP contribution in [0.2, 0.25) is 0 Å². The number of hydrogen-bond acceptors (Lipinski definition) is 3. The Morgan fingerprint density at radius 3 is 2.95 bits per heavy atom. The van der Waals surface area contributed by atoms with Crippen molar-refractivity contribution in [2.45, 2.75) is 52.1 Å². The molecule has 0 aromatic heterocycles. The first kappa shape index (κ1) is 14.7. The van der Waals surface area contributed by atoms with E-state index in [1.165, 1.54) is 24.0 Å². The van der Waals surface area contributed by atoms with Gasteiger partial charge in [-0.2, -0.15) is 0 Å². The summed E-state index contributed by atoms with van der Waals surface area (Å²) in [6.07, 6.45) is 3.77. The van der Waals surface area contributed by atoms with E-state index in [1.807, 2.05) is 0 Å². The second-order valence-corrected chi connectivity index (χ2v) is 6.37. The lowest BCUT2D eigenvalue weighted by Crippen LogP contribution is -2.18. The standard InChI is InChI=1S/C18H27NO2/c1-4-6-19-11-14-8-15(14)16-10-17-13(7-12(3)21-17)9-18(16)20-5-2/h9-10,12,14-15,19H,4-8,11H2,1-3H3. The number of ether oxygens (including phenoxy) is 2.